The first-order valence-electron chi connectivity index (χ1n) is 10.4. The van der Waals surface area contributed by atoms with E-state index in [0.717, 1.165) is 57.1 Å². The third-order valence-corrected chi connectivity index (χ3v) is 7.36. The molecule has 2 atom stereocenters. The lowest BCUT2D eigenvalue weighted by Crippen LogP contribution is -2.43. The predicted molar refractivity (Wildman–Crippen MR) is 120 cm³/mol. The molecule has 0 spiro atoms. The van der Waals surface area contributed by atoms with Crippen LogP contribution in [0.25, 0.3) is 11.1 Å². The van der Waals surface area contributed by atoms with E-state index >= 15 is 0 Å². The number of thioether (sulfide) groups is 1. The topological polar surface area (TPSA) is 66.8 Å². The normalized spacial score (nSPS) is 19.3. The molecule has 1 unspecified atom stereocenters. The zero-order valence-corrected chi connectivity index (χ0v) is 18.1. The Morgan fingerprint density at radius 1 is 0.970 bits per heavy atom. The number of fused-ring (bicyclic) bond motifs is 3. The van der Waals surface area contributed by atoms with Gasteiger partial charge in [-0.05, 0) is 40.5 Å². The van der Waals surface area contributed by atoms with Gasteiger partial charge in [-0.2, -0.15) is 0 Å². The maximum atomic E-state index is 14.4. The van der Waals surface area contributed by atoms with Crippen LogP contribution in [0.15, 0.2) is 66.7 Å². The molecule has 5 nitrogen and oxygen atoms in total. The van der Waals surface area contributed by atoms with Crippen LogP contribution in [0, 0.1) is 11.6 Å². The largest absolute Gasteiger partial charge is 0.480 e. The van der Waals surface area contributed by atoms with E-state index in [9.17, 15) is 23.5 Å². The number of hydrogen-bond acceptors (Lipinski definition) is 4. The third-order valence-electron chi connectivity index (χ3n) is 6.06. The Bertz CT molecular complexity index is 1210. The van der Waals surface area contributed by atoms with Crippen LogP contribution in [0.4, 0.5) is 13.6 Å². The number of carboxylic acids is 1. The van der Waals surface area contributed by atoms with Gasteiger partial charge in [0.1, 0.15) is 29.7 Å². The molecule has 168 valence electrons. The first-order chi connectivity index (χ1) is 16.0. The second-order valence-electron chi connectivity index (χ2n) is 7.92. The van der Waals surface area contributed by atoms with Crippen molar-refractivity contribution >= 4 is 23.8 Å². The Hall–Kier alpha value is -3.39. The van der Waals surface area contributed by atoms with Gasteiger partial charge in [-0.15, -0.1) is 11.8 Å². The maximum absolute atomic E-state index is 14.4. The Morgan fingerprint density at radius 3 is 2.24 bits per heavy atom. The number of aliphatic carboxylic acids is 1. The lowest BCUT2D eigenvalue weighted by Gasteiger charge is -2.27. The fraction of sp³-hybridized carbons (Fsp3) is 0.200. The summed E-state index contributed by atoms with van der Waals surface area (Å²) in [7, 11) is 0. The van der Waals surface area contributed by atoms with Crippen molar-refractivity contribution in [2.24, 2.45) is 0 Å². The molecule has 0 bridgehead atoms. The Labute approximate surface area is 193 Å². The quantitative estimate of drug-likeness (QED) is 0.556. The molecule has 1 heterocycles. The van der Waals surface area contributed by atoms with Crippen LogP contribution in [0.3, 0.4) is 0 Å². The summed E-state index contributed by atoms with van der Waals surface area (Å²) in [6.45, 7) is -0.00127. The minimum atomic E-state index is -1.23. The fourth-order valence-electron chi connectivity index (χ4n) is 4.53. The molecule has 1 aliphatic heterocycles. The molecule has 0 aromatic heterocycles. The van der Waals surface area contributed by atoms with Crippen LogP contribution >= 0.6 is 11.8 Å². The average Bonchev–Trinajstić information content (AvgIpc) is 3.39. The van der Waals surface area contributed by atoms with Gasteiger partial charge in [0, 0.05) is 17.2 Å². The third kappa shape index (κ3) is 3.74. The number of carbonyl (C=O) groups is 2. The summed E-state index contributed by atoms with van der Waals surface area (Å²) in [5, 5.41) is 8.63. The second kappa shape index (κ2) is 8.51. The standard InChI is InChI=1S/C25H19F2NO4S/c26-14-9-10-21(27)19(11-14)23-28(22(13-33-23)24(29)30)25(31)32-12-20-17-7-3-1-5-15(17)16-6-2-4-8-18(16)20/h1-11,20,22-23H,12-13H2,(H,29,30)/t22-,23?/m1/s1. The van der Waals surface area contributed by atoms with Crippen molar-refractivity contribution < 1.29 is 28.2 Å². The molecule has 1 N–H and O–H groups in total. The van der Waals surface area contributed by atoms with Crippen molar-refractivity contribution in [3.05, 3.63) is 95.1 Å². The van der Waals surface area contributed by atoms with Gasteiger partial charge in [-0.1, -0.05) is 48.5 Å². The molecule has 0 saturated carbocycles. The Kier molecular flexibility index (Phi) is 5.54. The number of ether oxygens (including phenoxy) is 1. The molecular formula is C25H19F2NO4S. The van der Waals surface area contributed by atoms with E-state index in [1.807, 2.05) is 48.5 Å². The first kappa shape index (κ1) is 21.5. The van der Waals surface area contributed by atoms with Gasteiger partial charge in [0.2, 0.25) is 0 Å². The summed E-state index contributed by atoms with van der Waals surface area (Å²) in [4.78, 5) is 25.9. The molecule has 2 aliphatic rings. The molecule has 1 saturated heterocycles. The summed E-state index contributed by atoms with van der Waals surface area (Å²) >= 11 is 1.06. The lowest BCUT2D eigenvalue weighted by atomic mass is 9.98. The average molecular weight is 467 g/mol. The molecule has 33 heavy (non-hydrogen) atoms. The lowest BCUT2D eigenvalue weighted by molar-refractivity contribution is -0.141. The van der Waals surface area contributed by atoms with Crippen molar-refractivity contribution in [3.63, 3.8) is 0 Å². The number of amides is 1. The van der Waals surface area contributed by atoms with Gasteiger partial charge in [0.25, 0.3) is 0 Å². The van der Waals surface area contributed by atoms with Gasteiger partial charge in [-0.25, -0.2) is 18.4 Å². The SMILES string of the molecule is O=C(O)[C@H]1CSC(c2cc(F)ccc2F)N1C(=O)OCC1c2ccccc2-c2ccccc21. The monoisotopic (exact) mass is 467 g/mol. The van der Waals surface area contributed by atoms with Crippen LogP contribution in [-0.2, 0) is 9.53 Å². The van der Waals surface area contributed by atoms with E-state index in [1.54, 1.807) is 0 Å². The van der Waals surface area contributed by atoms with Crippen molar-refractivity contribution in [1.82, 2.24) is 4.90 Å². The van der Waals surface area contributed by atoms with Gasteiger partial charge < -0.3 is 9.84 Å². The molecule has 1 fully saturated rings. The van der Waals surface area contributed by atoms with Crippen LogP contribution in [-0.4, -0.2) is 40.5 Å². The molecule has 1 aliphatic carbocycles. The van der Waals surface area contributed by atoms with Gasteiger partial charge in [0.15, 0.2) is 0 Å². The van der Waals surface area contributed by atoms with E-state index in [-0.39, 0.29) is 23.8 Å². The maximum Gasteiger partial charge on any atom is 0.411 e. The number of benzene rings is 3. The molecule has 0 radical (unpaired) electrons. The summed E-state index contributed by atoms with van der Waals surface area (Å²) in [5.41, 5.74) is 4.08. The van der Waals surface area contributed by atoms with Crippen molar-refractivity contribution in [3.8, 4) is 11.1 Å². The second-order valence-corrected chi connectivity index (χ2v) is 9.03. The molecular weight excluding hydrogens is 448 g/mol. The van der Waals surface area contributed by atoms with Crippen molar-refractivity contribution in [2.45, 2.75) is 17.3 Å². The highest BCUT2D eigenvalue weighted by Crippen LogP contribution is 2.46. The highest BCUT2D eigenvalue weighted by atomic mass is 32.2. The number of carbonyl (C=O) groups excluding carboxylic acids is 1. The first-order valence-corrected chi connectivity index (χ1v) is 11.4. The summed E-state index contributed by atoms with van der Waals surface area (Å²) < 4.78 is 33.9. The molecule has 1 amide bonds. The minimum absolute atomic E-state index is 0.00127. The number of carboxylic acid groups (broad SMARTS) is 1. The number of halogens is 2. The van der Waals surface area contributed by atoms with Gasteiger partial charge >= 0.3 is 12.1 Å². The number of rotatable bonds is 4. The molecule has 3 aromatic rings. The van der Waals surface area contributed by atoms with Gasteiger partial charge in [-0.3, -0.25) is 4.90 Å². The van der Waals surface area contributed by atoms with Crippen LogP contribution in [0.2, 0.25) is 0 Å². The predicted octanol–water partition coefficient (Wildman–Crippen LogP) is 5.41. The minimum Gasteiger partial charge on any atom is -0.480 e. The number of nitrogens with zero attached hydrogens (tertiary/aromatic N) is 1. The zero-order valence-electron chi connectivity index (χ0n) is 17.3. The van der Waals surface area contributed by atoms with E-state index in [1.165, 1.54) is 0 Å². The Balaban J connectivity index is 1.42. The van der Waals surface area contributed by atoms with Crippen LogP contribution in [0.5, 0.6) is 0 Å². The smallest absolute Gasteiger partial charge is 0.411 e. The highest BCUT2D eigenvalue weighted by molar-refractivity contribution is 7.99. The van der Waals surface area contributed by atoms with E-state index in [0.29, 0.717) is 0 Å². The highest BCUT2D eigenvalue weighted by Gasteiger charge is 2.45. The van der Waals surface area contributed by atoms with Crippen molar-refractivity contribution in [2.75, 3.05) is 12.4 Å². The molecule has 3 aromatic carbocycles. The summed E-state index contributed by atoms with van der Waals surface area (Å²) in [6, 6.07) is 17.4. The van der Waals surface area contributed by atoms with E-state index < -0.39 is 35.1 Å². The summed E-state index contributed by atoms with van der Waals surface area (Å²) in [5.74, 6) is -2.77. The van der Waals surface area contributed by atoms with E-state index in [4.69, 9.17) is 4.74 Å². The van der Waals surface area contributed by atoms with E-state index in [2.05, 4.69) is 0 Å². The number of hydrogen-bond donors (Lipinski definition) is 1. The zero-order chi connectivity index (χ0) is 23.1. The molecule has 5 rings (SSSR count). The Morgan fingerprint density at radius 2 is 1.61 bits per heavy atom. The summed E-state index contributed by atoms with van der Waals surface area (Å²) in [6.07, 6.45) is -0.872. The van der Waals surface area contributed by atoms with Crippen LogP contribution in [0.1, 0.15) is 28.0 Å². The van der Waals surface area contributed by atoms with Crippen LogP contribution < -0.4 is 0 Å². The van der Waals surface area contributed by atoms with Gasteiger partial charge in [0.05, 0.1) is 0 Å². The molecule has 8 heteroatoms. The fourth-order valence-corrected chi connectivity index (χ4v) is 5.95. The van der Waals surface area contributed by atoms with Crippen molar-refractivity contribution in [1.29, 1.82) is 0 Å².